The molecular formula is C14H18N2O. The Bertz CT molecular complexity index is 404. The van der Waals surface area contributed by atoms with Crippen LogP contribution in [0.3, 0.4) is 0 Å². The van der Waals surface area contributed by atoms with Crippen molar-refractivity contribution in [2.24, 2.45) is 0 Å². The number of nitrogens with zero attached hydrogens (tertiary/aromatic N) is 2. The third kappa shape index (κ3) is 2.07. The molecule has 1 aromatic rings. The quantitative estimate of drug-likeness (QED) is 0.735. The van der Waals surface area contributed by atoms with E-state index in [0.717, 1.165) is 18.8 Å². The molecule has 90 valence electrons. The molecule has 2 heterocycles. The molecule has 2 aliphatic heterocycles. The zero-order chi connectivity index (χ0) is 11.7. The van der Waals surface area contributed by atoms with E-state index in [1.807, 2.05) is 35.2 Å². The molecule has 1 atom stereocenters. The molecule has 17 heavy (non-hydrogen) atoms. The average Bonchev–Trinajstić information content (AvgIpc) is 2.39. The second-order valence-corrected chi connectivity index (χ2v) is 4.96. The van der Waals surface area contributed by atoms with E-state index in [1.165, 1.54) is 19.3 Å². The molecule has 1 amide bonds. The van der Waals surface area contributed by atoms with Crippen molar-refractivity contribution in [1.29, 1.82) is 0 Å². The Morgan fingerprint density at radius 3 is 2.76 bits per heavy atom. The predicted molar refractivity (Wildman–Crippen MR) is 68.0 cm³/mol. The zero-order valence-corrected chi connectivity index (χ0v) is 10.0. The number of hydrogen-bond donors (Lipinski definition) is 0. The first-order chi connectivity index (χ1) is 8.34. The minimum absolute atomic E-state index is 0.245. The second-order valence-electron chi connectivity index (χ2n) is 4.96. The molecule has 1 aromatic carbocycles. The van der Waals surface area contributed by atoms with E-state index in [0.29, 0.717) is 12.6 Å². The first-order valence-electron chi connectivity index (χ1n) is 6.44. The number of carbonyl (C=O) groups is 1. The van der Waals surface area contributed by atoms with Gasteiger partial charge in [-0.05, 0) is 31.5 Å². The molecule has 0 saturated carbocycles. The van der Waals surface area contributed by atoms with Crippen LogP contribution < -0.4 is 4.90 Å². The molecule has 2 saturated heterocycles. The molecule has 2 fully saturated rings. The fraction of sp³-hybridized carbons (Fsp3) is 0.500. The molecule has 0 spiro atoms. The van der Waals surface area contributed by atoms with Crippen LogP contribution in [-0.2, 0) is 4.79 Å². The minimum Gasteiger partial charge on any atom is -0.310 e. The number of carbonyl (C=O) groups excluding carboxylic acids is 1. The van der Waals surface area contributed by atoms with Gasteiger partial charge in [0.2, 0.25) is 5.91 Å². The van der Waals surface area contributed by atoms with Gasteiger partial charge >= 0.3 is 0 Å². The molecular weight excluding hydrogens is 212 g/mol. The average molecular weight is 230 g/mol. The lowest BCUT2D eigenvalue weighted by Gasteiger charge is -2.43. The zero-order valence-electron chi connectivity index (χ0n) is 10.0. The van der Waals surface area contributed by atoms with Crippen molar-refractivity contribution in [2.75, 3.05) is 24.5 Å². The van der Waals surface area contributed by atoms with Gasteiger partial charge in [-0.15, -0.1) is 0 Å². The number of piperidine rings is 1. The molecule has 0 aromatic heterocycles. The van der Waals surface area contributed by atoms with Gasteiger partial charge in [0, 0.05) is 18.3 Å². The van der Waals surface area contributed by atoms with Crippen LogP contribution in [0.4, 0.5) is 5.69 Å². The first kappa shape index (κ1) is 10.8. The lowest BCUT2D eigenvalue weighted by Crippen LogP contribution is -2.57. The number of anilines is 1. The smallest absolute Gasteiger partial charge is 0.241 e. The van der Waals surface area contributed by atoms with Crippen molar-refractivity contribution in [1.82, 2.24) is 4.90 Å². The highest BCUT2D eigenvalue weighted by molar-refractivity contribution is 5.95. The summed E-state index contributed by atoms with van der Waals surface area (Å²) in [5, 5.41) is 0. The Hall–Kier alpha value is -1.35. The van der Waals surface area contributed by atoms with Crippen molar-refractivity contribution in [2.45, 2.75) is 25.3 Å². The molecule has 3 rings (SSSR count). The van der Waals surface area contributed by atoms with Crippen molar-refractivity contribution >= 4 is 11.6 Å². The standard InChI is InChI=1S/C14H18N2O/c17-14-11-15-9-5-4-8-13(15)10-16(14)12-6-2-1-3-7-12/h1-3,6-7,13H,4-5,8-11H2/t13-/m1/s1. The van der Waals surface area contributed by atoms with Crippen LogP contribution in [0.15, 0.2) is 30.3 Å². The molecule has 2 aliphatic rings. The Morgan fingerprint density at radius 1 is 1.12 bits per heavy atom. The van der Waals surface area contributed by atoms with Gasteiger partial charge in [-0.25, -0.2) is 0 Å². The minimum atomic E-state index is 0.245. The number of hydrogen-bond acceptors (Lipinski definition) is 2. The van der Waals surface area contributed by atoms with Crippen LogP contribution in [-0.4, -0.2) is 36.5 Å². The van der Waals surface area contributed by atoms with Gasteiger partial charge in [0.05, 0.1) is 6.54 Å². The third-order valence-electron chi connectivity index (χ3n) is 3.85. The van der Waals surface area contributed by atoms with Crippen LogP contribution in [0.2, 0.25) is 0 Å². The number of para-hydroxylation sites is 1. The maximum absolute atomic E-state index is 12.1. The number of benzene rings is 1. The van der Waals surface area contributed by atoms with Gasteiger partial charge in [0.15, 0.2) is 0 Å². The SMILES string of the molecule is O=C1CN2CCCC[C@@H]2CN1c1ccccc1. The summed E-state index contributed by atoms with van der Waals surface area (Å²) < 4.78 is 0. The first-order valence-corrected chi connectivity index (χ1v) is 6.44. The van der Waals surface area contributed by atoms with E-state index >= 15 is 0 Å². The van der Waals surface area contributed by atoms with E-state index in [9.17, 15) is 4.79 Å². The van der Waals surface area contributed by atoms with E-state index < -0.39 is 0 Å². The number of piperazine rings is 1. The van der Waals surface area contributed by atoms with Crippen molar-refractivity contribution in [3.63, 3.8) is 0 Å². The van der Waals surface area contributed by atoms with Gasteiger partial charge in [0.25, 0.3) is 0 Å². The molecule has 3 nitrogen and oxygen atoms in total. The highest BCUT2D eigenvalue weighted by Gasteiger charge is 2.33. The van der Waals surface area contributed by atoms with E-state index in [1.54, 1.807) is 0 Å². The number of fused-ring (bicyclic) bond motifs is 1. The van der Waals surface area contributed by atoms with Gasteiger partial charge < -0.3 is 4.90 Å². The van der Waals surface area contributed by atoms with E-state index in [4.69, 9.17) is 0 Å². The number of rotatable bonds is 1. The third-order valence-corrected chi connectivity index (χ3v) is 3.85. The fourth-order valence-corrected chi connectivity index (χ4v) is 2.90. The maximum atomic E-state index is 12.1. The molecule has 0 unspecified atom stereocenters. The van der Waals surface area contributed by atoms with Gasteiger partial charge in [-0.1, -0.05) is 24.6 Å². The summed E-state index contributed by atoms with van der Waals surface area (Å²) >= 11 is 0. The second kappa shape index (κ2) is 4.49. The van der Waals surface area contributed by atoms with Crippen molar-refractivity contribution < 1.29 is 4.79 Å². The monoisotopic (exact) mass is 230 g/mol. The maximum Gasteiger partial charge on any atom is 0.241 e. The molecule has 0 bridgehead atoms. The summed E-state index contributed by atoms with van der Waals surface area (Å²) in [4.78, 5) is 16.4. The van der Waals surface area contributed by atoms with Crippen LogP contribution in [0.25, 0.3) is 0 Å². The van der Waals surface area contributed by atoms with Crippen LogP contribution in [0.5, 0.6) is 0 Å². The summed E-state index contributed by atoms with van der Waals surface area (Å²) in [7, 11) is 0. The highest BCUT2D eigenvalue weighted by Crippen LogP contribution is 2.25. The lowest BCUT2D eigenvalue weighted by molar-refractivity contribution is -0.123. The van der Waals surface area contributed by atoms with Crippen molar-refractivity contribution in [3.05, 3.63) is 30.3 Å². The summed E-state index contributed by atoms with van der Waals surface area (Å²) in [6.07, 6.45) is 3.78. The van der Waals surface area contributed by atoms with Crippen LogP contribution in [0, 0.1) is 0 Å². The fourth-order valence-electron chi connectivity index (χ4n) is 2.90. The normalized spacial score (nSPS) is 25.8. The Morgan fingerprint density at radius 2 is 1.94 bits per heavy atom. The summed E-state index contributed by atoms with van der Waals surface area (Å²) in [6, 6.07) is 10.6. The number of amides is 1. The molecule has 0 N–H and O–H groups in total. The van der Waals surface area contributed by atoms with Crippen molar-refractivity contribution in [3.8, 4) is 0 Å². The van der Waals surface area contributed by atoms with E-state index in [-0.39, 0.29) is 5.91 Å². The summed E-state index contributed by atoms with van der Waals surface area (Å²) in [6.45, 7) is 2.56. The summed E-state index contributed by atoms with van der Waals surface area (Å²) in [5.74, 6) is 0.245. The van der Waals surface area contributed by atoms with Gasteiger partial charge in [0.1, 0.15) is 0 Å². The van der Waals surface area contributed by atoms with Gasteiger partial charge in [-0.2, -0.15) is 0 Å². The lowest BCUT2D eigenvalue weighted by atomic mass is 9.99. The van der Waals surface area contributed by atoms with Crippen LogP contribution >= 0.6 is 0 Å². The Labute approximate surface area is 102 Å². The molecule has 0 radical (unpaired) electrons. The summed E-state index contributed by atoms with van der Waals surface area (Å²) in [5.41, 5.74) is 1.04. The molecule has 0 aliphatic carbocycles. The van der Waals surface area contributed by atoms with Gasteiger partial charge in [-0.3, -0.25) is 9.69 Å². The molecule has 3 heteroatoms. The Balaban J connectivity index is 1.80. The predicted octanol–water partition coefficient (Wildman–Crippen LogP) is 1.89. The largest absolute Gasteiger partial charge is 0.310 e. The van der Waals surface area contributed by atoms with E-state index in [2.05, 4.69) is 4.90 Å². The van der Waals surface area contributed by atoms with Crippen LogP contribution in [0.1, 0.15) is 19.3 Å². The highest BCUT2D eigenvalue weighted by atomic mass is 16.2. The Kier molecular flexibility index (Phi) is 2.85. The topological polar surface area (TPSA) is 23.6 Å².